The average molecular weight is 276 g/mol. The van der Waals surface area contributed by atoms with Crippen molar-refractivity contribution in [3.05, 3.63) is 35.4 Å². The molecule has 2 unspecified atom stereocenters. The summed E-state index contributed by atoms with van der Waals surface area (Å²) in [7, 11) is 0. The number of aliphatic hydroxyl groups is 1. The van der Waals surface area contributed by atoms with E-state index < -0.39 is 6.10 Å². The Hall–Kier alpha value is -1.39. The van der Waals surface area contributed by atoms with Crippen LogP contribution < -0.4 is 10.6 Å². The van der Waals surface area contributed by atoms with Crippen molar-refractivity contribution in [3.8, 4) is 0 Å². The predicted octanol–water partition coefficient (Wildman–Crippen LogP) is 1.71. The molecule has 1 heterocycles. The highest BCUT2D eigenvalue weighted by Crippen LogP contribution is 2.18. The number of rotatable bonds is 6. The molecule has 1 aromatic rings. The van der Waals surface area contributed by atoms with Gasteiger partial charge in [-0.05, 0) is 23.5 Å². The molecule has 1 fully saturated rings. The number of hydrogen-bond acceptors (Lipinski definition) is 3. The lowest BCUT2D eigenvalue weighted by Crippen LogP contribution is -2.37. The maximum atomic E-state index is 11.1. The van der Waals surface area contributed by atoms with E-state index in [0.717, 1.165) is 12.0 Å². The first-order valence-corrected chi connectivity index (χ1v) is 7.34. The number of hydrogen-bond donors (Lipinski definition) is 3. The van der Waals surface area contributed by atoms with Crippen LogP contribution in [0.2, 0.25) is 0 Å². The first kappa shape index (κ1) is 15.0. The largest absolute Gasteiger partial charge is 0.387 e. The van der Waals surface area contributed by atoms with Gasteiger partial charge in [-0.15, -0.1) is 0 Å². The van der Waals surface area contributed by atoms with Crippen LogP contribution in [-0.2, 0) is 4.79 Å². The van der Waals surface area contributed by atoms with Crippen molar-refractivity contribution in [1.29, 1.82) is 0 Å². The molecule has 1 amide bonds. The molecule has 0 saturated carbocycles. The summed E-state index contributed by atoms with van der Waals surface area (Å²) in [5.41, 5.74) is 2.21. The van der Waals surface area contributed by atoms with Gasteiger partial charge in [-0.1, -0.05) is 38.1 Å². The maximum absolute atomic E-state index is 11.1. The number of carbonyl (C=O) groups is 1. The van der Waals surface area contributed by atoms with E-state index in [1.165, 1.54) is 5.56 Å². The van der Waals surface area contributed by atoms with Crippen LogP contribution in [0.5, 0.6) is 0 Å². The van der Waals surface area contributed by atoms with E-state index in [1.807, 2.05) is 12.1 Å². The monoisotopic (exact) mass is 276 g/mol. The molecule has 3 N–H and O–H groups in total. The zero-order valence-electron chi connectivity index (χ0n) is 12.2. The van der Waals surface area contributed by atoms with Crippen LogP contribution in [0.15, 0.2) is 24.3 Å². The van der Waals surface area contributed by atoms with Gasteiger partial charge in [0.1, 0.15) is 0 Å². The molecule has 2 atom stereocenters. The van der Waals surface area contributed by atoms with E-state index in [9.17, 15) is 9.90 Å². The SMILES string of the molecule is CC(C)c1ccc(C(O)CNCC2CCC(=O)N2)cc1. The van der Waals surface area contributed by atoms with E-state index in [4.69, 9.17) is 0 Å². The lowest BCUT2D eigenvalue weighted by atomic mass is 10.00. The Balaban J connectivity index is 1.76. The molecule has 0 aliphatic carbocycles. The third-order valence-electron chi connectivity index (χ3n) is 3.80. The van der Waals surface area contributed by atoms with Gasteiger partial charge < -0.3 is 15.7 Å². The topological polar surface area (TPSA) is 61.4 Å². The fourth-order valence-corrected chi connectivity index (χ4v) is 2.45. The Bertz CT molecular complexity index is 442. The van der Waals surface area contributed by atoms with Crippen LogP contribution in [0.1, 0.15) is 49.8 Å². The van der Waals surface area contributed by atoms with Crippen LogP contribution in [-0.4, -0.2) is 30.1 Å². The second-order valence-electron chi connectivity index (χ2n) is 5.80. The fraction of sp³-hybridized carbons (Fsp3) is 0.562. The molecule has 1 aliphatic rings. The van der Waals surface area contributed by atoms with E-state index in [0.29, 0.717) is 25.4 Å². The highest BCUT2D eigenvalue weighted by atomic mass is 16.3. The van der Waals surface area contributed by atoms with Crippen molar-refractivity contribution in [2.45, 2.75) is 44.8 Å². The molecule has 4 heteroatoms. The van der Waals surface area contributed by atoms with E-state index >= 15 is 0 Å². The third-order valence-corrected chi connectivity index (χ3v) is 3.80. The normalized spacial score (nSPS) is 20.2. The van der Waals surface area contributed by atoms with E-state index in [-0.39, 0.29) is 11.9 Å². The summed E-state index contributed by atoms with van der Waals surface area (Å²) in [6.45, 7) is 5.53. The molecule has 0 aromatic heterocycles. The van der Waals surface area contributed by atoms with Crippen LogP contribution in [0.4, 0.5) is 0 Å². The predicted molar refractivity (Wildman–Crippen MR) is 79.5 cm³/mol. The van der Waals surface area contributed by atoms with Crippen LogP contribution in [0, 0.1) is 0 Å². The summed E-state index contributed by atoms with van der Waals surface area (Å²) in [6, 6.07) is 8.32. The minimum absolute atomic E-state index is 0.127. The Morgan fingerprint density at radius 1 is 1.30 bits per heavy atom. The van der Waals surface area contributed by atoms with Gasteiger partial charge in [0.15, 0.2) is 0 Å². The van der Waals surface area contributed by atoms with Crippen molar-refractivity contribution in [3.63, 3.8) is 0 Å². The van der Waals surface area contributed by atoms with Crippen molar-refractivity contribution >= 4 is 5.91 Å². The number of aliphatic hydroxyl groups excluding tert-OH is 1. The summed E-state index contributed by atoms with van der Waals surface area (Å²) in [5, 5.41) is 16.2. The first-order chi connectivity index (χ1) is 9.56. The van der Waals surface area contributed by atoms with Gasteiger partial charge in [-0.2, -0.15) is 0 Å². The zero-order valence-corrected chi connectivity index (χ0v) is 12.2. The van der Waals surface area contributed by atoms with Gasteiger partial charge in [0.2, 0.25) is 5.91 Å². The number of carbonyl (C=O) groups excluding carboxylic acids is 1. The molecule has 20 heavy (non-hydrogen) atoms. The van der Waals surface area contributed by atoms with Gasteiger partial charge in [0.25, 0.3) is 0 Å². The van der Waals surface area contributed by atoms with Crippen LogP contribution in [0.3, 0.4) is 0 Å². The lowest BCUT2D eigenvalue weighted by molar-refractivity contribution is -0.119. The number of nitrogens with one attached hydrogen (secondary N) is 2. The van der Waals surface area contributed by atoms with Crippen LogP contribution in [0.25, 0.3) is 0 Å². The second kappa shape index (κ2) is 6.86. The summed E-state index contributed by atoms with van der Waals surface area (Å²) in [4.78, 5) is 11.1. The molecule has 1 aliphatic heterocycles. The molecule has 2 rings (SSSR count). The molecular formula is C16H24N2O2. The van der Waals surface area contributed by atoms with Gasteiger partial charge >= 0.3 is 0 Å². The smallest absolute Gasteiger partial charge is 0.220 e. The zero-order chi connectivity index (χ0) is 14.5. The minimum Gasteiger partial charge on any atom is -0.387 e. The van der Waals surface area contributed by atoms with E-state index in [2.05, 4.69) is 36.6 Å². The summed E-state index contributed by atoms with van der Waals surface area (Å²) >= 11 is 0. The molecular weight excluding hydrogens is 252 g/mol. The first-order valence-electron chi connectivity index (χ1n) is 7.34. The summed E-state index contributed by atoms with van der Waals surface area (Å²) in [6.07, 6.45) is 0.990. The third kappa shape index (κ3) is 4.05. The molecule has 0 bridgehead atoms. The molecule has 4 nitrogen and oxygen atoms in total. The number of amides is 1. The van der Waals surface area contributed by atoms with E-state index in [1.54, 1.807) is 0 Å². The molecule has 1 aromatic carbocycles. The molecule has 0 radical (unpaired) electrons. The Kier molecular flexibility index (Phi) is 5.15. The van der Waals surface area contributed by atoms with Crippen molar-refractivity contribution in [2.24, 2.45) is 0 Å². The highest BCUT2D eigenvalue weighted by molar-refractivity contribution is 5.78. The average Bonchev–Trinajstić information content (AvgIpc) is 2.84. The second-order valence-corrected chi connectivity index (χ2v) is 5.80. The number of benzene rings is 1. The van der Waals surface area contributed by atoms with Gasteiger partial charge in [0.05, 0.1) is 6.10 Å². The van der Waals surface area contributed by atoms with Crippen molar-refractivity contribution < 1.29 is 9.90 Å². The Morgan fingerprint density at radius 2 is 1.95 bits per heavy atom. The lowest BCUT2D eigenvalue weighted by Gasteiger charge is -2.16. The quantitative estimate of drug-likeness (QED) is 0.741. The van der Waals surface area contributed by atoms with Crippen molar-refractivity contribution in [1.82, 2.24) is 10.6 Å². The summed E-state index contributed by atoms with van der Waals surface area (Å²) in [5.74, 6) is 0.631. The molecule has 0 spiro atoms. The fourth-order valence-electron chi connectivity index (χ4n) is 2.45. The maximum Gasteiger partial charge on any atom is 0.220 e. The molecule has 1 saturated heterocycles. The molecule has 110 valence electrons. The summed E-state index contributed by atoms with van der Waals surface area (Å²) < 4.78 is 0. The minimum atomic E-state index is -0.506. The van der Waals surface area contributed by atoms with Gasteiger partial charge in [-0.25, -0.2) is 0 Å². The van der Waals surface area contributed by atoms with Gasteiger partial charge in [0, 0.05) is 25.6 Å². The Labute approximate surface area is 120 Å². The standard InChI is InChI=1S/C16H24N2O2/c1-11(2)12-3-5-13(6-4-12)15(19)10-17-9-14-7-8-16(20)18-14/h3-6,11,14-15,17,19H,7-10H2,1-2H3,(H,18,20). The highest BCUT2D eigenvalue weighted by Gasteiger charge is 2.20. The van der Waals surface area contributed by atoms with Crippen molar-refractivity contribution in [2.75, 3.05) is 13.1 Å². The van der Waals surface area contributed by atoms with Crippen LogP contribution >= 0.6 is 0 Å². The van der Waals surface area contributed by atoms with Gasteiger partial charge in [-0.3, -0.25) is 4.79 Å². The Morgan fingerprint density at radius 3 is 2.50 bits per heavy atom.